The maximum absolute atomic E-state index is 13.3. The molecule has 2 rings (SSSR count). The molecule has 0 saturated carbocycles. The Balaban J connectivity index is 2.32. The summed E-state index contributed by atoms with van der Waals surface area (Å²) in [6.45, 7) is 3.24. The van der Waals surface area contributed by atoms with Gasteiger partial charge >= 0.3 is 0 Å². The Morgan fingerprint density at radius 1 is 1.56 bits per heavy atom. The summed E-state index contributed by atoms with van der Waals surface area (Å²) in [5, 5.41) is 11.0. The van der Waals surface area contributed by atoms with Gasteiger partial charge in [0.1, 0.15) is 11.5 Å². The zero-order chi connectivity index (χ0) is 13.3. The van der Waals surface area contributed by atoms with Crippen LogP contribution in [-0.4, -0.2) is 24.1 Å². The van der Waals surface area contributed by atoms with Gasteiger partial charge < -0.3 is 10.6 Å². The molecule has 1 saturated heterocycles. The highest BCUT2D eigenvalue weighted by atomic mass is 19.1. The average Bonchev–Trinajstić information content (AvgIpc) is 2.32. The number of nitrogens with two attached hydrogens (primary N) is 1. The van der Waals surface area contributed by atoms with Crippen molar-refractivity contribution in [3.8, 4) is 0 Å². The van der Waals surface area contributed by atoms with E-state index in [0.29, 0.717) is 18.8 Å². The van der Waals surface area contributed by atoms with E-state index in [4.69, 9.17) is 5.73 Å². The zero-order valence-electron chi connectivity index (χ0n) is 10.2. The van der Waals surface area contributed by atoms with E-state index >= 15 is 0 Å². The lowest BCUT2D eigenvalue weighted by atomic mass is 9.94. The van der Waals surface area contributed by atoms with E-state index in [2.05, 4.69) is 0 Å². The first-order valence-corrected chi connectivity index (χ1v) is 5.93. The number of nitro benzene ring substituents is 1. The van der Waals surface area contributed by atoms with Crippen LogP contribution in [0.1, 0.15) is 13.3 Å². The molecule has 1 aliphatic heterocycles. The first-order chi connectivity index (χ1) is 8.49. The second kappa shape index (κ2) is 4.89. The predicted octanol–water partition coefficient (Wildman–Crippen LogP) is 1.91. The van der Waals surface area contributed by atoms with Gasteiger partial charge in [-0.3, -0.25) is 10.1 Å². The lowest BCUT2D eigenvalue weighted by Crippen LogP contribution is -2.46. The third-order valence-electron chi connectivity index (χ3n) is 3.45. The summed E-state index contributed by atoms with van der Waals surface area (Å²) in [5.74, 6) is -0.222. The first-order valence-electron chi connectivity index (χ1n) is 5.93. The highest BCUT2D eigenvalue weighted by Crippen LogP contribution is 2.31. The zero-order valence-corrected chi connectivity index (χ0v) is 10.2. The van der Waals surface area contributed by atoms with Gasteiger partial charge in [0, 0.05) is 31.3 Å². The predicted molar refractivity (Wildman–Crippen MR) is 67.0 cm³/mol. The Morgan fingerprint density at radius 3 is 2.89 bits per heavy atom. The molecule has 2 atom stereocenters. The molecule has 1 aromatic rings. The number of nitrogens with zero attached hydrogens (tertiary/aromatic N) is 2. The normalized spacial score (nSPS) is 24.1. The number of nitro groups is 1. The molecule has 6 heteroatoms. The van der Waals surface area contributed by atoms with Gasteiger partial charge in [0.25, 0.3) is 5.69 Å². The summed E-state index contributed by atoms with van der Waals surface area (Å²) in [7, 11) is 0. The second-order valence-corrected chi connectivity index (χ2v) is 4.77. The van der Waals surface area contributed by atoms with Gasteiger partial charge in [-0.1, -0.05) is 6.92 Å². The van der Waals surface area contributed by atoms with Gasteiger partial charge in [0.2, 0.25) is 0 Å². The first kappa shape index (κ1) is 12.8. The average molecular weight is 253 g/mol. The highest BCUT2D eigenvalue weighted by Gasteiger charge is 2.27. The summed E-state index contributed by atoms with van der Waals surface area (Å²) >= 11 is 0. The Labute approximate surface area is 105 Å². The molecule has 1 aliphatic rings. The van der Waals surface area contributed by atoms with Crippen LogP contribution in [0.4, 0.5) is 15.8 Å². The molecular weight excluding hydrogens is 237 g/mol. The molecule has 18 heavy (non-hydrogen) atoms. The van der Waals surface area contributed by atoms with E-state index in [1.807, 2.05) is 11.8 Å². The van der Waals surface area contributed by atoms with E-state index in [1.165, 1.54) is 12.1 Å². The number of hydrogen-bond donors (Lipinski definition) is 1. The minimum absolute atomic E-state index is 0.0564. The van der Waals surface area contributed by atoms with Gasteiger partial charge in [-0.2, -0.15) is 0 Å². The fourth-order valence-corrected chi connectivity index (χ4v) is 2.29. The Bertz CT molecular complexity index is 467. The molecule has 2 unspecified atom stereocenters. The maximum Gasteiger partial charge on any atom is 0.292 e. The van der Waals surface area contributed by atoms with Gasteiger partial charge in [0.15, 0.2) is 0 Å². The molecule has 0 aliphatic carbocycles. The van der Waals surface area contributed by atoms with Crippen LogP contribution in [0.15, 0.2) is 18.2 Å². The number of rotatable bonds is 2. The van der Waals surface area contributed by atoms with E-state index < -0.39 is 10.7 Å². The minimum Gasteiger partial charge on any atom is -0.366 e. The Kier molecular flexibility index (Phi) is 3.47. The summed E-state index contributed by atoms with van der Waals surface area (Å²) in [6, 6.07) is 3.65. The minimum atomic E-state index is -0.478. The molecular formula is C12H16FN3O2. The van der Waals surface area contributed by atoms with Crippen LogP contribution in [0.2, 0.25) is 0 Å². The SMILES string of the molecule is CC1CN(c2cc(F)ccc2[N+](=O)[O-])CCC1N. The van der Waals surface area contributed by atoms with E-state index in [0.717, 1.165) is 12.5 Å². The van der Waals surface area contributed by atoms with Gasteiger partial charge in [-0.05, 0) is 18.4 Å². The quantitative estimate of drug-likeness (QED) is 0.645. The molecule has 0 bridgehead atoms. The third-order valence-corrected chi connectivity index (χ3v) is 3.45. The molecule has 1 heterocycles. The lowest BCUT2D eigenvalue weighted by molar-refractivity contribution is -0.384. The van der Waals surface area contributed by atoms with Crippen molar-refractivity contribution < 1.29 is 9.31 Å². The molecule has 0 aromatic heterocycles. The van der Waals surface area contributed by atoms with E-state index in [1.54, 1.807) is 0 Å². The number of anilines is 1. The van der Waals surface area contributed by atoms with Crippen LogP contribution in [0.3, 0.4) is 0 Å². The molecule has 0 spiro atoms. The molecule has 98 valence electrons. The Morgan fingerprint density at radius 2 is 2.28 bits per heavy atom. The van der Waals surface area contributed by atoms with Crippen molar-refractivity contribution >= 4 is 11.4 Å². The molecule has 2 N–H and O–H groups in total. The summed E-state index contributed by atoms with van der Waals surface area (Å²) in [6.07, 6.45) is 0.759. The van der Waals surface area contributed by atoms with Crippen molar-refractivity contribution in [1.29, 1.82) is 0 Å². The Hall–Kier alpha value is -1.69. The van der Waals surface area contributed by atoms with Crippen molar-refractivity contribution in [3.05, 3.63) is 34.1 Å². The van der Waals surface area contributed by atoms with Crippen LogP contribution in [0.25, 0.3) is 0 Å². The molecule has 1 aromatic carbocycles. The van der Waals surface area contributed by atoms with E-state index in [-0.39, 0.29) is 17.6 Å². The molecule has 0 amide bonds. The largest absolute Gasteiger partial charge is 0.366 e. The van der Waals surface area contributed by atoms with Gasteiger partial charge in [-0.25, -0.2) is 4.39 Å². The molecule has 1 fully saturated rings. The monoisotopic (exact) mass is 253 g/mol. The van der Waals surface area contributed by atoms with Crippen LogP contribution < -0.4 is 10.6 Å². The standard InChI is InChI=1S/C12H16FN3O2/c1-8-7-15(5-4-10(8)14)12-6-9(13)2-3-11(12)16(17)18/h2-3,6,8,10H,4-5,7,14H2,1H3. The van der Waals surface area contributed by atoms with Crippen LogP contribution in [0.5, 0.6) is 0 Å². The number of halogens is 1. The van der Waals surface area contributed by atoms with Gasteiger partial charge in [0.05, 0.1) is 4.92 Å². The van der Waals surface area contributed by atoms with Crippen LogP contribution in [0, 0.1) is 21.8 Å². The number of piperidine rings is 1. The number of benzene rings is 1. The lowest BCUT2D eigenvalue weighted by Gasteiger charge is -2.36. The fourth-order valence-electron chi connectivity index (χ4n) is 2.29. The summed E-state index contributed by atoms with van der Waals surface area (Å²) in [5.41, 5.74) is 6.20. The van der Waals surface area contributed by atoms with E-state index in [9.17, 15) is 14.5 Å². The van der Waals surface area contributed by atoms with Crippen molar-refractivity contribution in [2.24, 2.45) is 11.7 Å². The smallest absolute Gasteiger partial charge is 0.292 e. The van der Waals surface area contributed by atoms with Crippen LogP contribution in [-0.2, 0) is 0 Å². The van der Waals surface area contributed by atoms with Crippen LogP contribution >= 0.6 is 0 Å². The van der Waals surface area contributed by atoms with Crippen molar-refractivity contribution in [1.82, 2.24) is 0 Å². The molecule has 5 nitrogen and oxygen atoms in total. The summed E-state index contributed by atoms with van der Waals surface area (Å²) < 4.78 is 13.3. The topological polar surface area (TPSA) is 72.4 Å². The number of hydrogen-bond acceptors (Lipinski definition) is 4. The second-order valence-electron chi connectivity index (χ2n) is 4.77. The van der Waals surface area contributed by atoms with Crippen molar-refractivity contribution in [2.75, 3.05) is 18.0 Å². The van der Waals surface area contributed by atoms with Crippen molar-refractivity contribution in [3.63, 3.8) is 0 Å². The van der Waals surface area contributed by atoms with Crippen molar-refractivity contribution in [2.45, 2.75) is 19.4 Å². The maximum atomic E-state index is 13.3. The molecule has 0 radical (unpaired) electrons. The highest BCUT2D eigenvalue weighted by molar-refractivity contribution is 5.63. The summed E-state index contributed by atoms with van der Waals surface area (Å²) in [4.78, 5) is 12.3. The third kappa shape index (κ3) is 2.43. The van der Waals surface area contributed by atoms with Gasteiger partial charge in [-0.15, -0.1) is 0 Å². The fraction of sp³-hybridized carbons (Fsp3) is 0.500.